The quantitative estimate of drug-likeness (QED) is 0.191. The number of aromatic amines is 1. The number of nitrogens with one attached hydrogen (secondary N) is 1. The summed E-state index contributed by atoms with van der Waals surface area (Å²) in [6, 6.07) is 24.5. The summed E-state index contributed by atoms with van der Waals surface area (Å²) in [6.07, 6.45) is 4.02. The summed E-state index contributed by atoms with van der Waals surface area (Å²) >= 11 is 0. The number of benzene rings is 2. The van der Waals surface area contributed by atoms with Gasteiger partial charge in [-0.15, -0.1) is 5.10 Å². The molecule has 4 heterocycles. The largest absolute Gasteiger partial charge is 0.350 e. The van der Waals surface area contributed by atoms with E-state index in [9.17, 15) is 0 Å². The van der Waals surface area contributed by atoms with E-state index in [-0.39, 0.29) is 0 Å². The van der Waals surface area contributed by atoms with Crippen LogP contribution in [0.3, 0.4) is 0 Å². The lowest BCUT2D eigenvalue weighted by atomic mass is 9.97. The fourth-order valence-electron chi connectivity index (χ4n) is 5.24. The molecule has 0 spiro atoms. The highest BCUT2D eigenvalue weighted by Crippen LogP contribution is 2.34. The zero-order chi connectivity index (χ0) is 28.9. The van der Waals surface area contributed by atoms with Crippen LogP contribution in [0, 0.1) is 0 Å². The molecule has 10 nitrogen and oxygen atoms in total. The standard InChI is InChI=1S/C32H32N8O2/c1-4-5-14-28-34-27-19-25(26-13-9-10-17-33-26)29(32(41-2)42-3)35-31(27)40(28)20-21-15-16-23(22-11-7-6-8-12-22)24(18-21)30-36-38-39-37-30/h6-13,15-19,32H,4-5,14,20H2,1-3H3,(H,36,37,38,39). The minimum atomic E-state index is -0.662. The van der Waals surface area contributed by atoms with Crippen molar-refractivity contribution in [3.63, 3.8) is 0 Å². The zero-order valence-corrected chi connectivity index (χ0v) is 23.9. The highest BCUT2D eigenvalue weighted by atomic mass is 16.7. The van der Waals surface area contributed by atoms with Crippen LogP contribution in [-0.4, -0.2) is 54.4 Å². The summed E-state index contributed by atoms with van der Waals surface area (Å²) in [5.41, 5.74) is 7.97. The number of nitrogens with zero attached hydrogens (tertiary/aromatic N) is 7. The number of rotatable bonds is 11. The summed E-state index contributed by atoms with van der Waals surface area (Å²) < 4.78 is 13.5. The van der Waals surface area contributed by atoms with Crippen molar-refractivity contribution in [1.82, 2.24) is 40.1 Å². The van der Waals surface area contributed by atoms with Crippen molar-refractivity contribution < 1.29 is 9.47 Å². The smallest absolute Gasteiger partial charge is 0.201 e. The Bertz CT molecular complexity index is 1770. The molecule has 2 aromatic carbocycles. The predicted octanol–water partition coefficient (Wildman–Crippen LogP) is 6.02. The van der Waals surface area contributed by atoms with Crippen LogP contribution in [-0.2, 0) is 22.4 Å². The SMILES string of the molecule is CCCCc1nc2cc(-c3ccccn3)c(C(OC)OC)nc2n1Cc1ccc(-c2ccccc2)c(-c2nnn[nH]2)c1. The monoisotopic (exact) mass is 560 g/mol. The molecule has 0 unspecified atom stereocenters. The fraction of sp³-hybridized carbons (Fsp3) is 0.250. The molecule has 0 aliphatic heterocycles. The second-order valence-electron chi connectivity index (χ2n) is 10.00. The fourth-order valence-corrected chi connectivity index (χ4v) is 5.24. The van der Waals surface area contributed by atoms with E-state index in [0.29, 0.717) is 18.1 Å². The van der Waals surface area contributed by atoms with E-state index in [2.05, 4.69) is 67.4 Å². The highest BCUT2D eigenvalue weighted by molar-refractivity contribution is 5.82. The molecular weight excluding hydrogens is 528 g/mol. The molecule has 1 N–H and O–H groups in total. The number of tetrazole rings is 1. The first kappa shape index (κ1) is 27.4. The molecule has 4 aromatic heterocycles. The summed E-state index contributed by atoms with van der Waals surface area (Å²) in [6.45, 7) is 2.75. The Morgan fingerprint density at radius 3 is 2.43 bits per heavy atom. The van der Waals surface area contributed by atoms with E-state index in [4.69, 9.17) is 19.4 Å². The first-order chi connectivity index (χ1) is 20.7. The molecule has 6 rings (SSSR count). The van der Waals surface area contributed by atoms with E-state index in [1.807, 2.05) is 42.5 Å². The van der Waals surface area contributed by atoms with Gasteiger partial charge >= 0.3 is 0 Å². The molecule has 42 heavy (non-hydrogen) atoms. The Balaban J connectivity index is 1.50. The normalized spacial score (nSPS) is 11.5. The third kappa shape index (κ3) is 5.41. The Hall–Kier alpha value is -4.80. The number of imidazole rings is 1. The Labute approximate surface area is 243 Å². The third-order valence-electron chi connectivity index (χ3n) is 7.29. The van der Waals surface area contributed by atoms with Gasteiger partial charge in [0, 0.05) is 38.0 Å². The second kappa shape index (κ2) is 12.4. The Kier molecular flexibility index (Phi) is 8.07. The number of aryl methyl sites for hydroxylation is 1. The Morgan fingerprint density at radius 1 is 0.881 bits per heavy atom. The number of hydrogen-bond acceptors (Lipinski definition) is 8. The molecule has 0 fully saturated rings. The van der Waals surface area contributed by atoms with Crippen molar-refractivity contribution in [2.75, 3.05) is 14.2 Å². The minimum Gasteiger partial charge on any atom is -0.350 e. The van der Waals surface area contributed by atoms with E-state index in [1.54, 1.807) is 20.4 Å². The number of H-pyrrole nitrogens is 1. The van der Waals surface area contributed by atoms with Gasteiger partial charge in [-0.25, -0.2) is 15.1 Å². The average molecular weight is 561 g/mol. The van der Waals surface area contributed by atoms with Gasteiger partial charge in [-0.1, -0.05) is 61.9 Å². The summed E-state index contributed by atoms with van der Waals surface area (Å²) in [5, 5.41) is 14.8. The van der Waals surface area contributed by atoms with E-state index in [0.717, 1.165) is 69.8 Å². The Morgan fingerprint density at radius 2 is 1.71 bits per heavy atom. The van der Waals surface area contributed by atoms with Gasteiger partial charge < -0.3 is 14.0 Å². The number of hydrogen-bond donors (Lipinski definition) is 1. The maximum absolute atomic E-state index is 5.67. The minimum absolute atomic E-state index is 0.569. The van der Waals surface area contributed by atoms with Crippen LogP contribution in [0.5, 0.6) is 0 Å². The number of ether oxygens (including phenoxy) is 2. The van der Waals surface area contributed by atoms with Crippen LogP contribution >= 0.6 is 0 Å². The van der Waals surface area contributed by atoms with Crippen molar-refractivity contribution in [1.29, 1.82) is 0 Å². The topological polar surface area (TPSA) is 117 Å². The third-order valence-corrected chi connectivity index (χ3v) is 7.29. The average Bonchev–Trinajstić information content (AvgIpc) is 3.70. The summed E-state index contributed by atoms with van der Waals surface area (Å²) in [7, 11) is 3.22. The molecule has 0 atom stereocenters. The molecule has 0 saturated heterocycles. The molecule has 0 amide bonds. The molecule has 0 radical (unpaired) electrons. The van der Waals surface area contributed by atoms with Crippen molar-refractivity contribution in [3.05, 3.63) is 96.1 Å². The van der Waals surface area contributed by atoms with Gasteiger partial charge in [0.15, 0.2) is 11.5 Å². The van der Waals surface area contributed by atoms with Crippen LogP contribution < -0.4 is 0 Å². The van der Waals surface area contributed by atoms with Gasteiger partial charge in [0.25, 0.3) is 0 Å². The molecule has 0 aliphatic carbocycles. The molecule has 10 heteroatoms. The maximum atomic E-state index is 5.67. The van der Waals surface area contributed by atoms with E-state index < -0.39 is 6.29 Å². The lowest BCUT2D eigenvalue weighted by Crippen LogP contribution is -2.11. The van der Waals surface area contributed by atoms with Gasteiger partial charge in [-0.3, -0.25) is 4.98 Å². The zero-order valence-electron chi connectivity index (χ0n) is 23.9. The molecule has 6 aromatic rings. The van der Waals surface area contributed by atoms with E-state index >= 15 is 0 Å². The number of fused-ring (bicyclic) bond motifs is 1. The lowest BCUT2D eigenvalue weighted by Gasteiger charge is -2.17. The first-order valence-corrected chi connectivity index (χ1v) is 14.0. The highest BCUT2D eigenvalue weighted by Gasteiger charge is 2.23. The molecule has 0 bridgehead atoms. The first-order valence-electron chi connectivity index (χ1n) is 14.0. The van der Waals surface area contributed by atoms with Gasteiger partial charge in [0.1, 0.15) is 17.0 Å². The summed E-state index contributed by atoms with van der Waals surface area (Å²) in [4.78, 5) is 14.8. The number of unbranched alkanes of at least 4 members (excludes halogenated alkanes) is 1. The van der Waals surface area contributed by atoms with Crippen molar-refractivity contribution in [2.45, 2.75) is 39.0 Å². The van der Waals surface area contributed by atoms with Gasteiger partial charge in [-0.05, 0) is 57.8 Å². The van der Waals surface area contributed by atoms with Crippen LogP contribution in [0.2, 0.25) is 0 Å². The van der Waals surface area contributed by atoms with Gasteiger partial charge in [0.05, 0.1) is 12.2 Å². The van der Waals surface area contributed by atoms with Gasteiger partial charge in [-0.2, -0.15) is 0 Å². The van der Waals surface area contributed by atoms with Gasteiger partial charge in [0.2, 0.25) is 6.29 Å². The van der Waals surface area contributed by atoms with Crippen molar-refractivity contribution in [2.24, 2.45) is 0 Å². The maximum Gasteiger partial charge on any atom is 0.201 e. The van der Waals surface area contributed by atoms with Crippen molar-refractivity contribution >= 4 is 11.2 Å². The molecule has 0 aliphatic rings. The number of methoxy groups -OCH3 is 2. The second-order valence-corrected chi connectivity index (χ2v) is 10.00. The van der Waals surface area contributed by atoms with Crippen LogP contribution in [0.15, 0.2) is 79.0 Å². The van der Waals surface area contributed by atoms with E-state index in [1.165, 1.54) is 0 Å². The number of pyridine rings is 2. The summed E-state index contributed by atoms with van der Waals surface area (Å²) in [5.74, 6) is 1.59. The predicted molar refractivity (Wildman–Crippen MR) is 160 cm³/mol. The van der Waals surface area contributed by atoms with Crippen molar-refractivity contribution in [3.8, 4) is 33.8 Å². The number of aromatic nitrogens is 8. The molecule has 212 valence electrons. The van der Waals surface area contributed by atoms with Crippen LogP contribution in [0.25, 0.3) is 44.9 Å². The lowest BCUT2D eigenvalue weighted by molar-refractivity contribution is -0.108. The van der Waals surface area contributed by atoms with Crippen LogP contribution in [0.1, 0.15) is 43.1 Å². The molecule has 0 saturated carbocycles. The van der Waals surface area contributed by atoms with Crippen LogP contribution in [0.4, 0.5) is 0 Å². The molecular formula is C32H32N8O2.